The number of carbonyl (C=O) groups excluding carboxylic acids is 1. The lowest BCUT2D eigenvalue weighted by Crippen LogP contribution is -2.36. The lowest BCUT2D eigenvalue weighted by molar-refractivity contribution is 0.0937. The summed E-state index contributed by atoms with van der Waals surface area (Å²) in [6, 6.07) is 3.39. The van der Waals surface area contributed by atoms with Gasteiger partial charge in [0.25, 0.3) is 5.56 Å². The first-order valence-electron chi connectivity index (χ1n) is 6.28. The van der Waals surface area contributed by atoms with Crippen LogP contribution >= 0.6 is 0 Å². The van der Waals surface area contributed by atoms with Gasteiger partial charge in [-0.05, 0) is 38.3 Å². The summed E-state index contributed by atoms with van der Waals surface area (Å²) >= 11 is 0. The maximum atomic E-state index is 12.3. The summed E-state index contributed by atoms with van der Waals surface area (Å²) in [7, 11) is 0. The summed E-state index contributed by atoms with van der Waals surface area (Å²) in [5, 5.41) is 0. The minimum absolute atomic E-state index is 0.0777. The van der Waals surface area contributed by atoms with Gasteiger partial charge in [-0.15, -0.1) is 0 Å². The van der Waals surface area contributed by atoms with Crippen molar-refractivity contribution in [3.05, 3.63) is 34.2 Å². The van der Waals surface area contributed by atoms with Crippen LogP contribution in [0.15, 0.2) is 23.1 Å². The van der Waals surface area contributed by atoms with Gasteiger partial charge in [0.15, 0.2) is 5.78 Å². The number of Topliss-reactive ketones (excluding diaryl/α,β-unsaturated/α-hetero) is 1. The van der Waals surface area contributed by atoms with Gasteiger partial charge in [-0.2, -0.15) is 0 Å². The first kappa shape index (κ1) is 14.7. The van der Waals surface area contributed by atoms with Gasteiger partial charge in [0.2, 0.25) is 0 Å². The summed E-state index contributed by atoms with van der Waals surface area (Å²) in [4.78, 5) is 24.4. The highest BCUT2D eigenvalue weighted by Gasteiger charge is 2.22. The van der Waals surface area contributed by atoms with Crippen LogP contribution in [0.4, 0.5) is 0 Å². The molecule has 0 amide bonds. The van der Waals surface area contributed by atoms with Gasteiger partial charge in [0, 0.05) is 18.2 Å². The first-order valence-corrected chi connectivity index (χ1v) is 6.28. The molecule has 0 aliphatic heterocycles. The third-order valence-corrected chi connectivity index (χ3v) is 2.66. The first-order chi connectivity index (χ1) is 8.02. The van der Waals surface area contributed by atoms with Crippen molar-refractivity contribution < 1.29 is 4.79 Å². The average molecular weight is 249 g/mol. The fourth-order valence-corrected chi connectivity index (χ4v) is 1.81. The van der Waals surface area contributed by atoms with Gasteiger partial charge in [-0.3, -0.25) is 9.59 Å². The number of rotatable bonds is 2. The molecule has 18 heavy (non-hydrogen) atoms. The lowest BCUT2D eigenvalue weighted by atomic mass is 9.88. The number of ketones is 1. The van der Waals surface area contributed by atoms with E-state index in [4.69, 9.17) is 0 Å². The molecule has 1 aromatic rings. The fourth-order valence-electron chi connectivity index (χ4n) is 1.81. The zero-order valence-electron chi connectivity index (χ0n) is 12.2. The van der Waals surface area contributed by atoms with Crippen LogP contribution < -0.4 is 5.56 Å². The Bertz CT molecular complexity index is 498. The Kier molecular flexibility index (Phi) is 3.84. The van der Waals surface area contributed by atoms with Gasteiger partial charge in [-0.1, -0.05) is 20.8 Å². The maximum Gasteiger partial charge on any atom is 0.261 e. The molecule has 0 aliphatic carbocycles. The van der Waals surface area contributed by atoms with Crippen LogP contribution in [-0.4, -0.2) is 10.4 Å². The van der Waals surface area contributed by atoms with E-state index in [1.807, 2.05) is 41.5 Å². The van der Waals surface area contributed by atoms with Crippen molar-refractivity contribution in [2.24, 2.45) is 5.41 Å². The molecule has 1 heterocycles. The molecular weight excluding hydrogens is 226 g/mol. The molecule has 100 valence electrons. The van der Waals surface area contributed by atoms with Crippen molar-refractivity contribution in [3.8, 4) is 0 Å². The molecule has 0 saturated heterocycles. The molecule has 0 fully saturated rings. The van der Waals surface area contributed by atoms with Gasteiger partial charge in [0.1, 0.15) is 0 Å². The van der Waals surface area contributed by atoms with E-state index >= 15 is 0 Å². The van der Waals surface area contributed by atoms with E-state index in [0.29, 0.717) is 12.0 Å². The van der Waals surface area contributed by atoms with Gasteiger partial charge in [-0.25, -0.2) is 0 Å². The normalized spacial score (nSPS) is 12.6. The van der Waals surface area contributed by atoms with Crippen LogP contribution in [0.5, 0.6) is 0 Å². The summed E-state index contributed by atoms with van der Waals surface area (Å²) in [5.41, 5.74) is -0.317. The summed E-state index contributed by atoms with van der Waals surface area (Å²) in [6.07, 6.45) is 2.12. The van der Waals surface area contributed by atoms with E-state index in [2.05, 4.69) is 0 Å². The number of aromatic nitrogens is 1. The van der Waals surface area contributed by atoms with Crippen molar-refractivity contribution in [2.75, 3.05) is 0 Å². The van der Waals surface area contributed by atoms with E-state index < -0.39 is 0 Å². The minimum atomic E-state index is -0.310. The summed E-state index contributed by atoms with van der Waals surface area (Å²) in [6.45, 7) is 11.8. The average Bonchev–Trinajstić information content (AvgIpc) is 2.12. The largest absolute Gasteiger partial charge is 0.310 e. The smallest absolute Gasteiger partial charge is 0.261 e. The van der Waals surface area contributed by atoms with Crippen LogP contribution in [0.1, 0.15) is 58.3 Å². The van der Waals surface area contributed by atoms with E-state index in [-0.39, 0.29) is 22.3 Å². The standard InChI is InChI=1S/C15H23NO2/c1-14(2,3)10-12(17)11-8-7-9-16(13(11)18)15(4,5)6/h7-9H,10H2,1-6H3. The number of pyridine rings is 1. The van der Waals surface area contributed by atoms with Crippen molar-refractivity contribution in [3.63, 3.8) is 0 Å². The monoisotopic (exact) mass is 249 g/mol. The Balaban J connectivity index is 3.21. The molecule has 3 heteroatoms. The summed E-state index contributed by atoms with van der Waals surface area (Å²) in [5.74, 6) is -0.0777. The van der Waals surface area contributed by atoms with Crippen LogP contribution in [0, 0.1) is 5.41 Å². The van der Waals surface area contributed by atoms with Crippen LogP contribution in [0.2, 0.25) is 0 Å². The molecule has 1 aromatic heterocycles. The van der Waals surface area contributed by atoms with Crippen LogP contribution in [0.3, 0.4) is 0 Å². The zero-order valence-corrected chi connectivity index (χ0v) is 12.2. The number of nitrogens with zero attached hydrogens (tertiary/aromatic N) is 1. The molecular formula is C15H23NO2. The topological polar surface area (TPSA) is 39.1 Å². The second kappa shape index (κ2) is 4.71. The minimum Gasteiger partial charge on any atom is -0.310 e. The second-order valence-corrected chi connectivity index (χ2v) is 6.93. The molecule has 0 N–H and O–H groups in total. The Morgan fingerprint density at radius 3 is 2.17 bits per heavy atom. The van der Waals surface area contributed by atoms with Crippen molar-refractivity contribution in [2.45, 2.75) is 53.5 Å². The molecule has 0 atom stereocenters. The molecule has 0 bridgehead atoms. The Hall–Kier alpha value is -1.38. The lowest BCUT2D eigenvalue weighted by Gasteiger charge is -2.23. The molecule has 0 unspecified atom stereocenters. The van der Waals surface area contributed by atoms with E-state index in [0.717, 1.165) is 0 Å². The SMILES string of the molecule is CC(C)(C)CC(=O)c1cccn(C(C)(C)C)c1=O. The number of carbonyl (C=O) groups is 1. The third-order valence-electron chi connectivity index (χ3n) is 2.66. The van der Waals surface area contributed by atoms with Gasteiger partial charge < -0.3 is 4.57 Å². The third kappa shape index (κ3) is 3.56. The van der Waals surface area contributed by atoms with Gasteiger partial charge >= 0.3 is 0 Å². The van der Waals surface area contributed by atoms with Crippen molar-refractivity contribution in [1.29, 1.82) is 0 Å². The number of hydrogen-bond donors (Lipinski definition) is 0. The Morgan fingerprint density at radius 2 is 1.72 bits per heavy atom. The fraction of sp³-hybridized carbons (Fsp3) is 0.600. The molecule has 0 aliphatic rings. The Labute approximate surface area is 109 Å². The molecule has 0 saturated carbocycles. The van der Waals surface area contributed by atoms with Crippen LogP contribution in [-0.2, 0) is 5.54 Å². The number of hydrogen-bond acceptors (Lipinski definition) is 2. The molecule has 0 spiro atoms. The second-order valence-electron chi connectivity index (χ2n) is 6.93. The summed E-state index contributed by atoms with van der Waals surface area (Å²) < 4.78 is 1.61. The quantitative estimate of drug-likeness (QED) is 0.755. The molecule has 0 aromatic carbocycles. The van der Waals surface area contributed by atoms with E-state index in [1.165, 1.54) is 0 Å². The highest BCUT2D eigenvalue weighted by atomic mass is 16.1. The maximum absolute atomic E-state index is 12.3. The van der Waals surface area contributed by atoms with Crippen molar-refractivity contribution >= 4 is 5.78 Å². The molecule has 0 radical (unpaired) electrons. The van der Waals surface area contributed by atoms with Crippen molar-refractivity contribution in [1.82, 2.24) is 4.57 Å². The Morgan fingerprint density at radius 1 is 1.17 bits per heavy atom. The van der Waals surface area contributed by atoms with E-state index in [9.17, 15) is 9.59 Å². The zero-order chi connectivity index (χ0) is 14.1. The highest BCUT2D eigenvalue weighted by Crippen LogP contribution is 2.21. The molecule has 3 nitrogen and oxygen atoms in total. The van der Waals surface area contributed by atoms with Gasteiger partial charge in [0.05, 0.1) is 5.56 Å². The van der Waals surface area contributed by atoms with E-state index in [1.54, 1.807) is 22.9 Å². The predicted molar refractivity (Wildman–Crippen MR) is 74.1 cm³/mol. The molecule has 1 rings (SSSR count). The van der Waals surface area contributed by atoms with Crippen LogP contribution in [0.25, 0.3) is 0 Å². The highest BCUT2D eigenvalue weighted by molar-refractivity contribution is 5.96. The predicted octanol–water partition coefficient (Wildman–Crippen LogP) is 3.22.